The number of carboxylic acid groups (broad SMARTS) is 1. The molecule has 198 valence electrons. The number of alkyl carbamates (subject to hydrolysis) is 1. The van der Waals surface area contributed by atoms with Crippen molar-refractivity contribution >= 4 is 29.0 Å². The molecule has 14 heteroatoms. The Hall–Kier alpha value is -3.33. The van der Waals surface area contributed by atoms with E-state index in [1.54, 1.807) is 0 Å². The summed E-state index contributed by atoms with van der Waals surface area (Å²) >= 11 is 0. The number of aliphatic hydroxyl groups excluding tert-OH is 2. The fraction of sp³-hybridized carbons (Fsp3) is 0.609. The number of ether oxygens (including phenoxy) is 3. The van der Waals surface area contributed by atoms with Gasteiger partial charge < -0.3 is 40.2 Å². The van der Waals surface area contributed by atoms with Crippen LogP contribution in [0.2, 0.25) is 0 Å². The predicted molar refractivity (Wildman–Crippen MR) is 124 cm³/mol. The number of aliphatic carboxylic acids is 1. The van der Waals surface area contributed by atoms with E-state index >= 15 is 0 Å². The summed E-state index contributed by atoms with van der Waals surface area (Å²) in [7, 11) is 0. The first-order valence-corrected chi connectivity index (χ1v) is 12.3. The third kappa shape index (κ3) is 4.29. The molecule has 6 rings (SSSR count). The molecule has 0 radical (unpaired) electrons. The van der Waals surface area contributed by atoms with Crippen LogP contribution in [0.15, 0.2) is 24.8 Å². The average Bonchev–Trinajstić information content (AvgIpc) is 3.69. The average molecular weight is 517 g/mol. The van der Waals surface area contributed by atoms with E-state index in [9.17, 15) is 24.9 Å². The number of fused-ring (bicyclic) bond motifs is 3. The summed E-state index contributed by atoms with van der Waals surface area (Å²) in [6, 6.07) is -0.462. The van der Waals surface area contributed by atoms with Crippen molar-refractivity contribution in [1.29, 1.82) is 0 Å². The van der Waals surface area contributed by atoms with Gasteiger partial charge in [0.05, 0.1) is 30.9 Å². The number of aromatic nitrogens is 4. The zero-order valence-electron chi connectivity index (χ0n) is 19.7. The second kappa shape index (κ2) is 9.52. The number of amides is 1. The fourth-order valence-electron chi connectivity index (χ4n) is 5.77. The monoisotopic (exact) mass is 516 g/mol. The Kier molecular flexibility index (Phi) is 6.18. The number of imidazole rings is 1. The maximum absolute atomic E-state index is 12.5. The molecule has 37 heavy (non-hydrogen) atoms. The lowest BCUT2D eigenvalue weighted by Crippen LogP contribution is -2.46. The topological polar surface area (TPSA) is 190 Å². The number of rotatable bonds is 7. The van der Waals surface area contributed by atoms with Crippen molar-refractivity contribution in [3.8, 4) is 0 Å². The van der Waals surface area contributed by atoms with E-state index in [0.29, 0.717) is 36.6 Å². The molecule has 2 bridgehead atoms. The quantitative estimate of drug-likeness (QED) is 0.301. The number of carboxylic acids is 1. The smallest absolute Gasteiger partial charge is 0.407 e. The predicted octanol–water partition coefficient (Wildman–Crippen LogP) is -0.352. The Bertz CT molecular complexity index is 1220. The zero-order chi connectivity index (χ0) is 25.7. The minimum absolute atomic E-state index is 0.0599. The second-order valence-corrected chi connectivity index (χ2v) is 9.88. The molecule has 4 heterocycles. The van der Waals surface area contributed by atoms with E-state index in [-0.39, 0.29) is 24.5 Å². The molecular weight excluding hydrogens is 488 g/mol. The lowest BCUT2D eigenvalue weighted by molar-refractivity contribution is -0.143. The van der Waals surface area contributed by atoms with Gasteiger partial charge in [-0.3, -0.25) is 9.36 Å². The maximum Gasteiger partial charge on any atom is 0.407 e. The van der Waals surface area contributed by atoms with Crippen molar-refractivity contribution in [1.82, 2.24) is 24.8 Å². The number of carbonyl (C=O) groups excluding carboxylic acids is 1. The highest BCUT2D eigenvalue weighted by atomic mass is 16.6. The van der Waals surface area contributed by atoms with Crippen molar-refractivity contribution in [2.75, 3.05) is 25.1 Å². The molecule has 0 spiro atoms. The number of hydrogen-bond acceptors (Lipinski definition) is 11. The second-order valence-electron chi connectivity index (χ2n) is 9.88. The summed E-state index contributed by atoms with van der Waals surface area (Å²) in [4.78, 5) is 37.0. The van der Waals surface area contributed by atoms with Crippen LogP contribution in [0, 0.1) is 17.8 Å². The van der Waals surface area contributed by atoms with Crippen molar-refractivity contribution in [3.05, 3.63) is 24.8 Å². The first-order chi connectivity index (χ1) is 17.9. The largest absolute Gasteiger partial charge is 0.481 e. The van der Waals surface area contributed by atoms with E-state index in [4.69, 9.17) is 14.2 Å². The molecule has 14 nitrogen and oxygen atoms in total. The molecule has 1 amide bonds. The van der Waals surface area contributed by atoms with Gasteiger partial charge >= 0.3 is 12.1 Å². The van der Waals surface area contributed by atoms with Crippen LogP contribution in [0.5, 0.6) is 0 Å². The number of carbonyl (C=O) groups is 2. The van der Waals surface area contributed by atoms with Gasteiger partial charge in [0.1, 0.15) is 31.2 Å². The highest BCUT2D eigenvalue weighted by Crippen LogP contribution is 2.44. The standard InChI is InChI=1S/C23H28N6O8/c30-17-13(7-36-23(34)28-15-11-2-1-10(5-11)14(15)22(32)33)37-21(18(17)31)29-9-26-16-19(24-8-25-20(16)29)27-12-3-4-35-6-12/h1-2,8-15,17-18,21,30-31H,3-7H2,(H,28,34)(H,32,33)(H,24,25,27)/t10?,11?,12-,13-,14+,15-,17-,18-,21-/m1/s1. The van der Waals surface area contributed by atoms with E-state index in [1.807, 2.05) is 12.2 Å². The molecule has 9 atom stereocenters. The normalized spacial score (nSPS) is 36.3. The minimum Gasteiger partial charge on any atom is -0.481 e. The molecule has 4 aliphatic rings. The lowest BCUT2D eigenvalue weighted by atomic mass is 9.89. The van der Waals surface area contributed by atoms with Crippen LogP contribution in [0.25, 0.3) is 11.2 Å². The SMILES string of the molecule is O=C(N[C@@H]1C2C=CC(C2)[C@@H]1C(=O)O)OC[C@H]1O[C@@H](n2cnc3c(N[C@@H]4CCOC4)ncnc32)[C@H](O)[C@@H]1O. The van der Waals surface area contributed by atoms with Crippen LogP contribution in [0.4, 0.5) is 10.6 Å². The van der Waals surface area contributed by atoms with Gasteiger partial charge in [-0.25, -0.2) is 19.7 Å². The number of anilines is 1. The molecule has 5 N–H and O–H groups in total. The number of allylic oxidation sites excluding steroid dienone is 1. The summed E-state index contributed by atoms with van der Waals surface area (Å²) in [5.41, 5.74) is 0.877. The van der Waals surface area contributed by atoms with Crippen molar-refractivity contribution in [2.24, 2.45) is 17.8 Å². The lowest BCUT2D eigenvalue weighted by Gasteiger charge is -2.25. The Morgan fingerprint density at radius 3 is 2.78 bits per heavy atom. The first kappa shape index (κ1) is 24.0. The molecule has 2 aromatic rings. The van der Waals surface area contributed by atoms with Gasteiger partial charge in [-0.05, 0) is 24.7 Å². The molecular formula is C23H28N6O8. The number of aliphatic hydroxyl groups is 2. The van der Waals surface area contributed by atoms with E-state index in [2.05, 4.69) is 25.6 Å². The van der Waals surface area contributed by atoms with Crippen LogP contribution in [-0.4, -0.2) is 97.1 Å². The van der Waals surface area contributed by atoms with Gasteiger partial charge in [-0.2, -0.15) is 0 Å². The molecule has 2 aliphatic carbocycles. The Morgan fingerprint density at radius 2 is 2.00 bits per heavy atom. The Balaban J connectivity index is 1.10. The van der Waals surface area contributed by atoms with Gasteiger partial charge in [-0.1, -0.05) is 12.2 Å². The first-order valence-electron chi connectivity index (χ1n) is 12.3. The molecule has 3 fully saturated rings. The minimum atomic E-state index is -1.34. The molecule has 2 aliphatic heterocycles. The van der Waals surface area contributed by atoms with E-state index in [0.717, 1.165) is 6.42 Å². The van der Waals surface area contributed by atoms with Crippen molar-refractivity contribution in [3.63, 3.8) is 0 Å². The van der Waals surface area contributed by atoms with Crippen molar-refractivity contribution in [2.45, 2.75) is 49.5 Å². The van der Waals surface area contributed by atoms with Gasteiger partial charge in [-0.15, -0.1) is 0 Å². The summed E-state index contributed by atoms with van der Waals surface area (Å²) in [6.45, 7) is 0.888. The van der Waals surface area contributed by atoms with Gasteiger partial charge in [0.2, 0.25) is 0 Å². The number of nitrogens with zero attached hydrogens (tertiary/aromatic N) is 4. The number of hydrogen-bond donors (Lipinski definition) is 5. The van der Waals surface area contributed by atoms with E-state index in [1.165, 1.54) is 17.2 Å². The van der Waals surface area contributed by atoms with Crippen molar-refractivity contribution < 1.29 is 39.1 Å². The van der Waals surface area contributed by atoms with Crippen LogP contribution in [0.1, 0.15) is 19.1 Å². The molecule has 2 saturated heterocycles. The highest BCUT2D eigenvalue weighted by Gasteiger charge is 2.49. The Morgan fingerprint density at radius 1 is 1.16 bits per heavy atom. The van der Waals surface area contributed by atoms with E-state index < -0.39 is 48.6 Å². The summed E-state index contributed by atoms with van der Waals surface area (Å²) in [5.74, 6) is -1.32. The Labute approximate surface area is 210 Å². The van der Waals surface area contributed by atoms with Crippen LogP contribution < -0.4 is 10.6 Å². The highest BCUT2D eigenvalue weighted by molar-refractivity contribution is 5.83. The molecule has 2 aromatic heterocycles. The molecule has 0 aromatic carbocycles. The van der Waals surface area contributed by atoms with Crippen LogP contribution in [-0.2, 0) is 19.0 Å². The van der Waals surface area contributed by atoms with Gasteiger partial charge in [0.15, 0.2) is 23.2 Å². The van der Waals surface area contributed by atoms with Crippen LogP contribution in [0.3, 0.4) is 0 Å². The zero-order valence-corrected chi connectivity index (χ0v) is 19.7. The number of nitrogens with one attached hydrogen (secondary N) is 2. The summed E-state index contributed by atoms with van der Waals surface area (Å²) in [6.07, 6.45) is 2.59. The van der Waals surface area contributed by atoms with Gasteiger partial charge in [0.25, 0.3) is 0 Å². The fourth-order valence-corrected chi connectivity index (χ4v) is 5.77. The summed E-state index contributed by atoms with van der Waals surface area (Å²) in [5, 5.41) is 36.7. The van der Waals surface area contributed by atoms with Gasteiger partial charge in [0, 0.05) is 6.61 Å². The van der Waals surface area contributed by atoms with Crippen LogP contribution >= 0.6 is 0 Å². The molecule has 2 unspecified atom stereocenters. The maximum atomic E-state index is 12.5. The molecule has 1 saturated carbocycles. The summed E-state index contributed by atoms with van der Waals surface area (Å²) < 4.78 is 18.0. The third-order valence-electron chi connectivity index (χ3n) is 7.65. The third-order valence-corrected chi connectivity index (χ3v) is 7.65.